The molecule has 0 aromatic rings. The van der Waals surface area contributed by atoms with Crippen molar-refractivity contribution in [3.63, 3.8) is 0 Å². The van der Waals surface area contributed by atoms with E-state index < -0.39 is 12.2 Å². The van der Waals surface area contributed by atoms with Crippen LogP contribution in [0.5, 0.6) is 0 Å². The van der Waals surface area contributed by atoms with Crippen LogP contribution < -0.4 is 0 Å². The van der Waals surface area contributed by atoms with Crippen molar-refractivity contribution < 1.29 is 15.0 Å². The Kier molecular flexibility index (Phi) is 25.9. The number of rotatable bonds is 28. The molecule has 0 aliphatic heterocycles. The van der Waals surface area contributed by atoms with Gasteiger partial charge in [0.25, 0.3) is 0 Å². The van der Waals surface area contributed by atoms with E-state index in [9.17, 15) is 15.0 Å². The van der Waals surface area contributed by atoms with Crippen molar-refractivity contribution >= 4 is 5.78 Å². The summed E-state index contributed by atoms with van der Waals surface area (Å²) in [6, 6.07) is 0. The van der Waals surface area contributed by atoms with Gasteiger partial charge in [0.2, 0.25) is 0 Å². The molecule has 0 saturated heterocycles. The molecule has 0 amide bonds. The van der Waals surface area contributed by atoms with Crippen LogP contribution in [0.3, 0.4) is 0 Å². The van der Waals surface area contributed by atoms with Gasteiger partial charge in [-0.3, -0.25) is 4.79 Å². The Bertz CT molecular complexity index is 424. The van der Waals surface area contributed by atoms with Gasteiger partial charge in [0.05, 0.1) is 12.2 Å². The number of ketones is 1. The van der Waals surface area contributed by atoms with Gasteiger partial charge < -0.3 is 10.2 Å². The molecule has 0 aliphatic carbocycles. The number of carbonyl (C=O) groups excluding carboxylic acids is 1. The van der Waals surface area contributed by atoms with Gasteiger partial charge in [-0.25, -0.2) is 0 Å². The first kappa shape index (κ1) is 35.6. The predicted octanol–water partition coefficient (Wildman–Crippen LogP) is 9.95. The standard InChI is InChI=1S/C33H66O3/c1-5-9-13-17-21-25-29(31(34)27-23-19-15-11-7-3)33(36)30(26-22-18-14-10-6-2)32(35)28-24-20-16-12-8-4/h29-32,34-35H,5-28H2,1-4H3. The van der Waals surface area contributed by atoms with E-state index in [1.165, 1.54) is 77.0 Å². The zero-order chi connectivity index (χ0) is 26.9. The number of carbonyl (C=O) groups is 1. The Balaban J connectivity index is 5.20. The second-order valence-corrected chi connectivity index (χ2v) is 11.6. The monoisotopic (exact) mass is 511 g/mol. The summed E-state index contributed by atoms with van der Waals surface area (Å²) in [5.41, 5.74) is 0. The quantitative estimate of drug-likeness (QED) is 0.103. The van der Waals surface area contributed by atoms with Crippen LogP contribution in [-0.2, 0) is 4.79 Å². The Hall–Kier alpha value is -0.410. The molecule has 0 rings (SSSR count). The van der Waals surface area contributed by atoms with Crippen LogP contribution in [0.2, 0.25) is 0 Å². The van der Waals surface area contributed by atoms with E-state index in [2.05, 4.69) is 27.7 Å². The fourth-order valence-electron chi connectivity index (χ4n) is 5.58. The van der Waals surface area contributed by atoms with Crippen molar-refractivity contribution in [1.82, 2.24) is 0 Å². The van der Waals surface area contributed by atoms with Gasteiger partial charge >= 0.3 is 0 Å². The van der Waals surface area contributed by atoms with Gasteiger partial charge in [0, 0.05) is 11.8 Å². The van der Waals surface area contributed by atoms with Crippen molar-refractivity contribution in [1.29, 1.82) is 0 Å². The van der Waals surface area contributed by atoms with E-state index in [0.29, 0.717) is 0 Å². The Morgan fingerprint density at radius 1 is 0.417 bits per heavy atom. The molecule has 0 aromatic heterocycles. The highest BCUT2D eigenvalue weighted by molar-refractivity contribution is 5.84. The third kappa shape index (κ3) is 18.8. The maximum absolute atomic E-state index is 13.9. The smallest absolute Gasteiger partial charge is 0.144 e. The molecule has 2 N–H and O–H groups in total. The van der Waals surface area contributed by atoms with Crippen LogP contribution in [0, 0.1) is 11.8 Å². The lowest BCUT2D eigenvalue weighted by Crippen LogP contribution is -2.38. The lowest BCUT2D eigenvalue weighted by atomic mass is 9.78. The second kappa shape index (κ2) is 26.2. The van der Waals surface area contributed by atoms with Gasteiger partial charge in [0.1, 0.15) is 5.78 Å². The van der Waals surface area contributed by atoms with Gasteiger partial charge in [-0.15, -0.1) is 0 Å². The summed E-state index contributed by atoms with van der Waals surface area (Å²) < 4.78 is 0. The summed E-state index contributed by atoms with van der Waals surface area (Å²) >= 11 is 0. The minimum absolute atomic E-state index is 0.170. The SMILES string of the molecule is CCCCCCCC(O)C(CCCCCCC)C(=O)C(CCCCCCC)C(O)CCCCCCC. The third-order valence-corrected chi connectivity index (χ3v) is 8.10. The average molecular weight is 511 g/mol. The van der Waals surface area contributed by atoms with Crippen LogP contribution in [0.1, 0.15) is 182 Å². The molecule has 3 nitrogen and oxygen atoms in total. The molecule has 4 unspecified atom stereocenters. The highest BCUT2D eigenvalue weighted by Gasteiger charge is 2.34. The lowest BCUT2D eigenvalue weighted by molar-refractivity contribution is -0.135. The van der Waals surface area contributed by atoms with Crippen molar-refractivity contribution in [2.45, 2.75) is 194 Å². The van der Waals surface area contributed by atoms with Crippen molar-refractivity contribution in [3.05, 3.63) is 0 Å². The van der Waals surface area contributed by atoms with Crippen LogP contribution in [0.15, 0.2) is 0 Å². The molecular weight excluding hydrogens is 444 g/mol. The average Bonchev–Trinajstić information content (AvgIpc) is 2.87. The first-order chi connectivity index (χ1) is 17.5. The highest BCUT2D eigenvalue weighted by Crippen LogP contribution is 2.29. The van der Waals surface area contributed by atoms with Crippen LogP contribution >= 0.6 is 0 Å². The molecule has 4 atom stereocenters. The van der Waals surface area contributed by atoms with E-state index in [1.54, 1.807) is 0 Å². The Labute approximate surface area is 226 Å². The second-order valence-electron chi connectivity index (χ2n) is 11.6. The summed E-state index contributed by atoms with van der Waals surface area (Å²) in [7, 11) is 0. The molecule has 216 valence electrons. The molecule has 0 saturated carbocycles. The minimum atomic E-state index is -0.551. The normalized spacial score (nSPS) is 15.1. The molecule has 0 fully saturated rings. The zero-order valence-electron chi connectivity index (χ0n) is 25.1. The Morgan fingerprint density at radius 3 is 0.944 bits per heavy atom. The van der Waals surface area contributed by atoms with Gasteiger partial charge in [0.15, 0.2) is 0 Å². The third-order valence-electron chi connectivity index (χ3n) is 8.10. The maximum atomic E-state index is 13.9. The van der Waals surface area contributed by atoms with Gasteiger partial charge in [-0.2, -0.15) is 0 Å². The summed E-state index contributed by atoms with van der Waals surface area (Å²) in [5.74, 6) is -0.426. The van der Waals surface area contributed by atoms with E-state index in [-0.39, 0.29) is 17.6 Å². The van der Waals surface area contributed by atoms with Crippen molar-refractivity contribution in [2.75, 3.05) is 0 Å². The maximum Gasteiger partial charge on any atom is 0.144 e. The number of hydrogen-bond donors (Lipinski definition) is 2. The van der Waals surface area contributed by atoms with Gasteiger partial charge in [-0.05, 0) is 25.7 Å². The molecule has 3 heteroatoms. The predicted molar refractivity (Wildman–Crippen MR) is 158 cm³/mol. The molecule has 36 heavy (non-hydrogen) atoms. The number of aliphatic hydroxyl groups excluding tert-OH is 2. The first-order valence-corrected chi connectivity index (χ1v) is 16.4. The Morgan fingerprint density at radius 2 is 0.667 bits per heavy atom. The van der Waals surface area contributed by atoms with E-state index in [4.69, 9.17) is 0 Å². The summed E-state index contributed by atoms with van der Waals surface area (Å²) in [6.45, 7) is 8.89. The van der Waals surface area contributed by atoms with Crippen LogP contribution in [0.4, 0.5) is 0 Å². The minimum Gasteiger partial charge on any atom is -0.392 e. The van der Waals surface area contributed by atoms with Crippen LogP contribution in [-0.4, -0.2) is 28.2 Å². The molecule has 0 heterocycles. The number of hydrogen-bond acceptors (Lipinski definition) is 3. The van der Waals surface area contributed by atoms with Crippen molar-refractivity contribution in [3.8, 4) is 0 Å². The summed E-state index contributed by atoms with van der Waals surface area (Å²) in [6.07, 6.45) is 25.3. The van der Waals surface area contributed by atoms with E-state index >= 15 is 0 Å². The van der Waals surface area contributed by atoms with Crippen LogP contribution in [0.25, 0.3) is 0 Å². The van der Waals surface area contributed by atoms with Crippen molar-refractivity contribution in [2.24, 2.45) is 11.8 Å². The fraction of sp³-hybridized carbons (Fsp3) is 0.970. The summed E-state index contributed by atoms with van der Waals surface area (Å²) in [5, 5.41) is 22.4. The fourth-order valence-corrected chi connectivity index (χ4v) is 5.58. The molecule has 0 aromatic carbocycles. The van der Waals surface area contributed by atoms with Gasteiger partial charge in [-0.1, -0.05) is 156 Å². The number of Topliss-reactive ketones (excluding diaryl/α,β-unsaturated/α-hetero) is 1. The number of aliphatic hydroxyl groups is 2. The molecule has 0 aliphatic rings. The van der Waals surface area contributed by atoms with E-state index in [1.807, 2.05) is 0 Å². The number of unbranched alkanes of at least 4 members (excludes halogenated alkanes) is 16. The zero-order valence-corrected chi connectivity index (χ0v) is 25.1. The topological polar surface area (TPSA) is 57.5 Å². The largest absolute Gasteiger partial charge is 0.392 e. The molecule has 0 bridgehead atoms. The summed E-state index contributed by atoms with van der Waals surface area (Å²) in [4.78, 5) is 13.9. The highest BCUT2D eigenvalue weighted by atomic mass is 16.3. The van der Waals surface area contributed by atoms with E-state index in [0.717, 1.165) is 77.0 Å². The molecule has 0 spiro atoms. The first-order valence-electron chi connectivity index (χ1n) is 16.4. The molecule has 0 radical (unpaired) electrons. The molecular formula is C33H66O3. The lowest BCUT2D eigenvalue weighted by Gasteiger charge is -2.29.